The van der Waals surface area contributed by atoms with Gasteiger partial charge >= 0.3 is 0 Å². The van der Waals surface area contributed by atoms with E-state index in [2.05, 4.69) is 12.2 Å². The van der Waals surface area contributed by atoms with Crippen LogP contribution >= 0.6 is 0 Å². The van der Waals surface area contributed by atoms with Crippen molar-refractivity contribution in [3.63, 3.8) is 0 Å². The molecule has 0 saturated heterocycles. The topological polar surface area (TPSA) is 69.6 Å². The fourth-order valence-corrected chi connectivity index (χ4v) is 2.52. The van der Waals surface area contributed by atoms with Gasteiger partial charge in [0.2, 0.25) is 5.91 Å². The molecule has 0 atom stereocenters. The normalized spacial score (nSPS) is 11.1. The van der Waals surface area contributed by atoms with E-state index in [1.54, 1.807) is 0 Å². The monoisotopic (exact) mass is 315 g/mol. The number of aliphatic hydroxyl groups is 2. The molecule has 0 fully saturated rings. The van der Waals surface area contributed by atoms with Gasteiger partial charge in [0.15, 0.2) is 6.29 Å². The highest BCUT2D eigenvalue weighted by Crippen LogP contribution is 2.12. The molecule has 0 spiro atoms. The summed E-state index contributed by atoms with van der Waals surface area (Å²) in [6, 6.07) is 0. The smallest absolute Gasteiger partial charge is 0.219 e. The molecule has 132 valence electrons. The van der Waals surface area contributed by atoms with Crippen molar-refractivity contribution in [2.45, 2.75) is 103 Å². The summed E-state index contributed by atoms with van der Waals surface area (Å²) in [4.78, 5) is 11.5. The van der Waals surface area contributed by atoms with E-state index in [1.807, 2.05) is 0 Å². The van der Waals surface area contributed by atoms with Gasteiger partial charge in [-0.1, -0.05) is 64.7 Å². The van der Waals surface area contributed by atoms with Crippen LogP contribution in [0.3, 0.4) is 0 Å². The van der Waals surface area contributed by atoms with Crippen molar-refractivity contribution in [3.05, 3.63) is 0 Å². The van der Waals surface area contributed by atoms with Crippen molar-refractivity contribution in [2.24, 2.45) is 0 Å². The summed E-state index contributed by atoms with van der Waals surface area (Å²) in [7, 11) is 0. The second kappa shape index (κ2) is 16.8. The number of nitrogens with one attached hydrogen (secondary N) is 1. The van der Waals surface area contributed by atoms with E-state index in [1.165, 1.54) is 38.5 Å². The Balaban J connectivity index is 3.09. The summed E-state index contributed by atoms with van der Waals surface area (Å²) >= 11 is 0. The molecule has 0 aliphatic carbocycles. The number of hydrogen-bond acceptors (Lipinski definition) is 3. The average molecular weight is 315 g/mol. The van der Waals surface area contributed by atoms with E-state index in [4.69, 9.17) is 10.2 Å². The fourth-order valence-electron chi connectivity index (χ4n) is 2.52. The van der Waals surface area contributed by atoms with Crippen LogP contribution in [0.1, 0.15) is 96.8 Å². The molecule has 3 N–H and O–H groups in total. The molecule has 0 unspecified atom stereocenters. The lowest BCUT2D eigenvalue weighted by Gasteiger charge is -2.05. The van der Waals surface area contributed by atoms with Gasteiger partial charge in [-0.25, -0.2) is 0 Å². The minimum atomic E-state index is -1.13. The van der Waals surface area contributed by atoms with Crippen LogP contribution in [0.5, 0.6) is 0 Å². The van der Waals surface area contributed by atoms with Gasteiger partial charge in [0.1, 0.15) is 0 Å². The molecule has 0 heterocycles. The number of carbonyl (C=O) groups is 1. The van der Waals surface area contributed by atoms with Gasteiger partial charge in [-0.15, -0.1) is 0 Å². The summed E-state index contributed by atoms with van der Waals surface area (Å²) in [6.07, 6.45) is 14.0. The zero-order chi connectivity index (χ0) is 16.5. The van der Waals surface area contributed by atoms with Crippen molar-refractivity contribution in [1.82, 2.24) is 5.32 Å². The Hall–Kier alpha value is -0.610. The summed E-state index contributed by atoms with van der Waals surface area (Å²) in [5, 5.41) is 20.4. The van der Waals surface area contributed by atoms with Crippen LogP contribution in [-0.4, -0.2) is 29.0 Å². The number of hydrogen-bond donors (Lipinski definition) is 3. The second-order valence-electron chi connectivity index (χ2n) is 6.26. The van der Waals surface area contributed by atoms with Crippen molar-refractivity contribution in [3.8, 4) is 0 Å². The Morgan fingerprint density at radius 2 is 1.32 bits per heavy atom. The second-order valence-corrected chi connectivity index (χ2v) is 6.26. The summed E-state index contributed by atoms with van der Waals surface area (Å²) in [6.45, 7) is 2.96. The van der Waals surface area contributed by atoms with E-state index in [0.717, 1.165) is 45.1 Å². The fraction of sp³-hybridized carbons (Fsp3) is 0.944. The Labute approximate surface area is 136 Å². The van der Waals surface area contributed by atoms with E-state index in [0.29, 0.717) is 12.8 Å². The largest absolute Gasteiger partial charge is 0.368 e. The molecule has 0 aromatic heterocycles. The van der Waals surface area contributed by atoms with Crippen LogP contribution in [0.15, 0.2) is 0 Å². The highest BCUT2D eigenvalue weighted by atomic mass is 16.5. The van der Waals surface area contributed by atoms with Gasteiger partial charge in [0.25, 0.3) is 0 Å². The number of aliphatic hydroxyl groups excluding tert-OH is 1. The van der Waals surface area contributed by atoms with Crippen LogP contribution in [0.25, 0.3) is 0 Å². The molecular formula is C18H37NO3. The van der Waals surface area contributed by atoms with Crippen molar-refractivity contribution >= 4 is 5.91 Å². The van der Waals surface area contributed by atoms with Gasteiger partial charge in [-0.2, -0.15) is 0 Å². The maximum Gasteiger partial charge on any atom is 0.219 e. The summed E-state index contributed by atoms with van der Waals surface area (Å²) in [5.41, 5.74) is 0. The maximum absolute atomic E-state index is 11.5. The zero-order valence-electron chi connectivity index (χ0n) is 14.5. The van der Waals surface area contributed by atoms with Crippen LogP contribution in [0.2, 0.25) is 0 Å². The molecule has 22 heavy (non-hydrogen) atoms. The van der Waals surface area contributed by atoms with Crippen LogP contribution in [-0.2, 0) is 4.79 Å². The molecule has 0 rings (SSSR count). The van der Waals surface area contributed by atoms with Crippen molar-refractivity contribution < 1.29 is 15.0 Å². The van der Waals surface area contributed by atoms with Gasteiger partial charge < -0.3 is 15.5 Å². The third-order valence-corrected chi connectivity index (χ3v) is 3.97. The lowest BCUT2D eigenvalue weighted by molar-refractivity contribution is -0.121. The molecule has 0 aromatic carbocycles. The lowest BCUT2D eigenvalue weighted by Crippen LogP contribution is -2.23. The minimum absolute atomic E-state index is 0.210. The lowest BCUT2D eigenvalue weighted by atomic mass is 10.0. The first-order valence-electron chi connectivity index (χ1n) is 9.29. The Morgan fingerprint density at radius 1 is 0.818 bits per heavy atom. The van der Waals surface area contributed by atoms with E-state index in [9.17, 15) is 4.79 Å². The zero-order valence-corrected chi connectivity index (χ0v) is 14.5. The summed E-state index contributed by atoms with van der Waals surface area (Å²) < 4.78 is 0. The van der Waals surface area contributed by atoms with Crippen LogP contribution in [0.4, 0.5) is 0 Å². The number of rotatable bonds is 16. The summed E-state index contributed by atoms with van der Waals surface area (Å²) in [5.74, 6) is 0.210. The van der Waals surface area contributed by atoms with E-state index >= 15 is 0 Å². The van der Waals surface area contributed by atoms with E-state index in [-0.39, 0.29) is 5.91 Å². The highest BCUT2D eigenvalue weighted by Gasteiger charge is 2.00. The van der Waals surface area contributed by atoms with Gasteiger partial charge in [-0.3, -0.25) is 4.79 Å². The first-order chi connectivity index (χ1) is 10.7. The average Bonchev–Trinajstić information content (AvgIpc) is 2.48. The Kier molecular flexibility index (Phi) is 16.3. The molecule has 4 heteroatoms. The van der Waals surface area contributed by atoms with Crippen LogP contribution in [0, 0.1) is 0 Å². The maximum atomic E-state index is 11.5. The quantitative estimate of drug-likeness (QED) is 0.299. The molecular weight excluding hydrogens is 278 g/mol. The molecule has 0 aromatic rings. The number of amides is 1. The van der Waals surface area contributed by atoms with Crippen LogP contribution < -0.4 is 5.32 Å². The molecule has 0 bridgehead atoms. The van der Waals surface area contributed by atoms with Crippen molar-refractivity contribution in [1.29, 1.82) is 0 Å². The minimum Gasteiger partial charge on any atom is -0.368 e. The van der Waals surface area contributed by atoms with E-state index < -0.39 is 6.29 Å². The predicted molar refractivity (Wildman–Crippen MR) is 91.5 cm³/mol. The Morgan fingerprint density at radius 3 is 1.82 bits per heavy atom. The van der Waals surface area contributed by atoms with Gasteiger partial charge in [0.05, 0.1) is 0 Å². The molecule has 4 nitrogen and oxygen atoms in total. The molecule has 1 amide bonds. The standard InChI is InChI=1S/C18H37NO3/c1-2-3-16-19-17(20)14-12-10-8-6-4-5-7-9-11-13-15-18(21)22/h18,21-22H,2-16H2,1H3,(H,19,20). The predicted octanol–water partition coefficient (Wildman–Crippen LogP) is 3.89. The first kappa shape index (κ1) is 21.4. The SMILES string of the molecule is CCCCNC(=O)CCCCCCCCCCCCC(O)O. The number of unbranched alkanes of at least 4 members (excludes halogenated alkanes) is 10. The molecule has 0 radical (unpaired) electrons. The first-order valence-corrected chi connectivity index (χ1v) is 9.29. The van der Waals surface area contributed by atoms with Gasteiger partial charge in [-0.05, 0) is 25.7 Å². The number of carbonyl (C=O) groups excluding carboxylic acids is 1. The third kappa shape index (κ3) is 17.4. The van der Waals surface area contributed by atoms with Crippen molar-refractivity contribution in [2.75, 3.05) is 6.54 Å². The Bertz CT molecular complexity index is 244. The highest BCUT2D eigenvalue weighted by molar-refractivity contribution is 5.75. The molecule has 0 saturated carbocycles. The molecule has 0 aliphatic heterocycles. The molecule has 0 aliphatic rings. The van der Waals surface area contributed by atoms with Gasteiger partial charge in [0, 0.05) is 13.0 Å². The third-order valence-electron chi connectivity index (χ3n) is 3.97.